The number of para-hydroxylation sites is 1. The maximum absolute atomic E-state index is 10.9. The van der Waals surface area contributed by atoms with Crippen LogP contribution in [0.2, 0.25) is 5.02 Å². The van der Waals surface area contributed by atoms with E-state index in [1.807, 2.05) is 30.3 Å². The molecule has 0 spiro atoms. The van der Waals surface area contributed by atoms with Crippen LogP contribution in [-0.2, 0) is 6.42 Å². The fourth-order valence-electron chi connectivity index (χ4n) is 2.21. The van der Waals surface area contributed by atoms with Crippen molar-refractivity contribution in [3.05, 3.63) is 65.2 Å². The van der Waals surface area contributed by atoms with Crippen molar-refractivity contribution in [3.8, 4) is 17.2 Å². The number of rotatable bonds is 9. The summed E-state index contributed by atoms with van der Waals surface area (Å²) in [6, 6.07) is 10.9. The maximum atomic E-state index is 10.9. The molecule has 0 aromatic heterocycles. The zero-order valence-corrected chi connectivity index (χ0v) is 14.2. The molecule has 0 bridgehead atoms. The van der Waals surface area contributed by atoms with Gasteiger partial charge in [0.2, 0.25) is 0 Å². The zero-order chi connectivity index (χ0) is 17.4. The van der Waals surface area contributed by atoms with Gasteiger partial charge in [-0.1, -0.05) is 35.9 Å². The number of methoxy groups -OCH3 is 1. The van der Waals surface area contributed by atoms with E-state index < -0.39 is 0 Å². The number of aldehydes is 1. The number of hydrogen-bond acceptors (Lipinski definition) is 4. The Bertz CT molecular complexity index is 713. The SMILES string of the molecule is C=CCc1ccccc1OCCOc1c(Cl)cc(C=O)cc1OC. The van der Waals surface area contributed by atoms with Crippen LogP contribution in [0, 0.1) is 0 Å². The second kappa shape index (κ2) is 8.99. The van der Waals surface area contributed by atoms with Gasteiger partial charge in [-0.3, -0.25) is 4.79 Å². The average molecular weight is 347 g/mol. The smallest absolute Gasteiger partial charge is 0.179 e. The molecule has 5 heteroatoms. The first kappa shape index (κ1) is 17.9. The predicted octanol–water partition coefficient (Wildman–Crippen LogP) is 4.35. The van der Waals surface area contributed by atoms with Crippen LogP contribution < -0.4 is 14.2 Å². The Morgan fingerprint density at radius 3 is 2.58 bits per heavy atom. The van der Waals surface area contributed by atoms with Crippen molar-refractivity contribution in [1.82, 2.24) is 0 Å². The molecule has 0 unspecified atom stereocenters. The van der Waals surface area contributed by atoms with E-state index in [1.54, 1.807) is 6.07 Å². The van der Waals surface area contributed by atoms with Crippen molar-refractivity contribution in [2.75, 3.05) is 20.3 Å². The van der Waals surface area contributed by atoms with E-state index in [4.69, 9.17) is 25.8 Å². The molecule has 126 valence electrons. The van der Waals surface area contributed by atoms with E-state index in [0.717, 1.165) is 17.7 Å². The number of carbonyl (C=O) groups is 1. The Hall–Kier alpha value is -2.46. The van der Waals surface area contributed by atoms with Crippen LogP contribution in [0.5, 0.6) is 17.2 Å². The number of benzene rings is 2. The zero-order valence-electron chi connectivity index (χ0n) is 13.5. The summed E-state index contributed by atoms with van der Waals surface area (Å²) >= 11 is 6.14. The molecule has 0 fully saturated rings. The van der Waals surface area contributed by atoms with E-state index in [2.05, 4.69) is 6.58 Å². The number of carbonyl (C=O) groups excluding carboxylic acids is 1. The topological polar surface area (TPSA) is 44.8 Å². The van der Waals surface area contributed by atoms with E-state index in [-0.39, 0.29) is 0 Å². The molecule has 0 N–H and O–H groups in total. The summed E-state index contributed by atoms with van der Waals surface area (Å²) in [7, 11) is 1.50. The van der Waals surface area contributed by atoms with Gasteiger partial charge in [0, 0.05) is 5.56 Å². The van der Waals surface area contributed by atoms with Crippen LogP contribution in [0.4, 0.5) is 0 Å². The summed E-state index contributed by atoms with van der Waals surface area (Å²) in [5.74, 6) is 1.61. The molecular formula is C19H19ClO4. The van der Waals surface area contributed by atoms with E-state index in [9.17, 15) is 4.79 Å². The fraction of sp³-hybridized carbons (Fsp3) is 0.211. The van der Waals surface area contributed by atoms with Crippen LogP contribution in [0.15, 0.2) is 49.1 Å². The molecule has 2 aromatic rings. The summed E-state index contributed by atoms with van der Waals surface area (Å²) < 4.78 is 16.6. The lowest BCUT2D eigenvalue weighted by molar-refractivity contribution is 0.112. The Morgan fingerprint density at radius 2 is 1.88 bits per heavy atom. The lowest BCUT2D eigenvalue weighted by atomic mass is 10.1. The van der Waals surface area contributed by atoms with Crippen molar-refractivity contribution in [2.45, 2.75) is 6.42 Å². The van der Waals surface area contributed by atoms with Crippen molar-refractivity contribution < 1.29 is 19.0 Å². The molecule has 0 amide bonds. The van der Waals surface area contributed by atoms with E-state index in [1.165, 1.54) is 13.2 Å². The first-order valence-electron chi connectivity index (χ1n) is 7.46. The molecule has 0 aliphatic rings. The van der Waals surface area contributed by atoms with Gasteiger partial charge >= 0.3 is 0 Å². The first-order chi connectivity index (χ1) is 11.7. The number of allylic oxidation sites excluding steroid dienone is 1. The van der Waals surface area contributed by atoms with Crippen LogP contribution in [0.3, 0.4) is 0 Å². The maximum Gasteiger partial charge on any atom is 0.179 e. The molecule has 2 rings (SSSR count). The largest absolute Gasteiger partial charge is 0.493 e. The van der Waals surface area contributed by atoms with Gasteiger partial charge in [0.25, 0.3) is 0 Å². The minimum atomic E-state index is 0.291. The lowest BCUT2D eigenvalue weighted by Gasteiger charge is -2.14. The minimum absolute atomic E-state index is 0.291. The van der Waals surface area contributed by atoms with Crippen molar-refractivity contribution in [2.24, 2.45) is 0 Å². The quantitative estimate of drug-likeness (QED) is 0.385. The molecule has 0 saturated carbocycles. The molecule has 4 nitrogen and oxygen atoms in total. The summed E-state index contributed by atoms with van der Waals surface area (Å²) in [6.07, 6.45) is 3.28. The van der Waals surface area contributed by atoms with Gasteiger partial charge in [0.1, 0.15) is 25.2 Å². The molecule has 0 aliphatic carbocycles. The fourth-order valence-corrected chi connectivity index (χ4v) is 2.49. The van der Waals surface area contributed by atoms with Crippen LogP contribution in [-0.4, -0.2) is 26.6 Å². The molecule has 0 radical (unpaired) electrons. The molecule has 2 aromatic carbocycles. The summed E-state index contributed by atoms with van der Waals surface area (Å²) in [4.78, 5) is 10.9. The summed E-state index contributed by atoms with van der Waals surface area (Å²) in [5, 5.41) is 0.323. The number of ether oxygens (including phenoxy) is 3. The molecule has 0 heterocycles. The van der Waals surface area contributed by atoms with Gasteiger partial charge in [0.05, 0.1) is 12.1 Å². The van der Waals surface area contributed by atoms with Gasteiger partial charge < -0.3 is 14.2 Å². The third kappa shape index (κ3) is 4.52. The number of halogens is 1. The van der Waals surface area contributed by atoms with Gasteiger partial charge in [-0.2, -0.15) is 0 Å². The second-order valence-electron chi connectivity index (χ2n) is 4.95. The molecule has 0 aliphatic heterocycles. The normalized spacial score (nSPS) is 10.1. The molecule has 0 atom stereocenters. The molecular weight excluding hydrogens is 328 g/mol. The molecule has 24 heavy (non-hydrogen) atoms. The van der Waals surface area contributed by atoms with Crippen LogP contribution >= 0.6 is 11.6 Å². The van der Waals surface area contributed by atoms with Crippen molar-refractivity contribution >= 4 is 17.9 Å². The highest BCUT2D eigenvalue weighted by Gasteiger charge is 2.12. The van der Waals surface area contributed by atoms with E-state index >= 15 is 0 Å². The molecule has 0 saturated heterocycles. The monoisotopic (exact) mass is 346 g/mol. The standard InChI is InChI=1S/C19H19ClO4/c1-3-6-15-7-4-5-8-17(15)23-9-10-24-19-16(20)11-14(13-21)12-18(19)22-2/h3-5,7-8,11-13H,1,6,9-10H2,2H3. The predicted molar refractivity (Wildman–Crippen MR) is 94.7 cm³/mol. The highest BCUT2D eigenvalue weighted by molar-refractivity contribution is 6.32. The van der Waals surface area contributed by atoms with Crippen molar-refractivity contribution in [3.63, 3.8) is 0 Å². The average Bonchev–Trinajstić information content (AvgIpc) is 2.60. The van der Waals surface area contributed by atoms with Gasteiger partial charge in [-0.15, -0.1) is 6.58 Å². The summed E-state index contributed by atoms with van der Waals surface area (Å²) in [5.41, 5.74) is 1.50. The number of hydrogen-bond donors (Lipinski definition) is 0. The second-order valence-corrected chi connectivity index (χ2v) is 5.36. The highest BCUT2D eigenvalue weighted by Crippen LogP contribution is 2.36. The van der Waals surface area contributed by atoms with E-state index in [0.29, 0.717) is 41.6 Å². The highest BCUT2D eigenvalue weighted by atomic mass is 35.5. The Balaban J connectivity index is 1.98. The Morgan fingerprint density at radius 1 is 1.12 bits per heavy atom. The Kier molecular flexibility index (Phi) is 6.70. The lowest BCUT2D eigenvalue weighted by Crippen LogP contribution is -2.11. The van der Waals surface area contributed by atoms with Gasteiger partial charge in [0.15, 0.2) is 11.5 Å². The summed E-state index contributed by atoms with van der Waals surface area (Å²) in [6.45, 7) is 4.38. The Labute approximate surface area is 146 Å². The van der Waals surface area contributed by atoms with Gasteiger partial charge in [-0.25, -0.2) is 0 Å². The third-order valence-corrected chi connectivity index (χ3v) is 3.59. The van der Waals surface area contributed by atoms with Crippen LogP contribution in [0.25, 0.3) is 0 Å². The van der Waals surface area contributed by atoms with Crippen molar-refractivity contribution in [1.29, 1.82) is 0 Å². The minimum Gasteiger partial charge on any atom is -0.493 e. The van der Waals surface area contributed by atoms with Gasteiger partial charge in [-0.05, 0) is 30.2 Å². The van der Waals surface area contributed by atoms with Crippen LogP contribution in [0.1, 0.15) is 15.9 Å². The first-order valence-corrected chi connectivity index (χ1v) is 7.84. The third-order valence-electron chi connectivity index (χ3n) is 3.31.